The van der Waals surface area contributed by atoms with Crippen LogP contribution in [0.25, 0.3) is 5.70 Å². The third-order valence-electron chi connectivity index (χ3n) is 3.56. The van der Waals surface area contributed by atoms with Crippen LogP contribution in [0.5, 0.6) is 0 Å². The lowest BCUT2D eigenvalue weighted by atomic mass is 10.1. The molecule has 0 spiro atoms. The number of hydrogen-bond donors (Lipinski definition) is 1. The lowest BCUT2D eigenvalue weighted by molar-refractivity contribution is -0.122. The number of nitrogens with zero attached hydrogens (tertiary/aromatic N) is 2. The Labute approximate surface area is 127 Å². The Hall–Kier alpha value is -2.08. The van der Waals surface area contributed by atoms with Crippen LogP contribution in [0.1, 0.15) is 22.8 Å². The average molecular weight is 301 g/mol. The predicted octanol–water partition coefficient (Wildman–Crippen LogP) is 1.72. The zero-order chi connectivity index (χ0) is 15.0. The summed E-state index contributed by atoms with van der Waals surface area (Å²) in [6.45, 7) is 6.37. The van der Waals surface area contributed by atoms with Crippen LogP contribution >= 0.6 is 11.8 Å². The molecule has 1 N–H and O–H groups in total. The summed E-state index contributed by atoms with van der Waals surface area (Å²) in [5.41, 5.74) is 1.95. The molecule has 0 aromatic heterocycles. The Kier molecular flexibility index (Phi) is 3.55. The molecule has 2 heterocycles. The van der Waals surface area contributed by atoms with Crippen LogP contribution in [-0.4, -0.2) is 40.2 Å². The third-order valence-corrected chi connectivity index (χ3v) is 4.45. The van der Waals surface area contributed by atoms with Gasteiger partial charge >= 0.3 is 0 Å². The van der Waals surface area contributed by atoms with Gasteiger partial charge in [0.2, 0.25) is 5.91 Å². The smallest absolute Gasteiger partial charge is 0.259 e. The fourth-order valence-corrected chi connectivity index (χ4v) is 3.18. The maximum atomic E-state index is 12.4. The van der Waals surface area contributed by atoms with Gasteiger partial charge in [-0.3, -0.25) is 19.5 Å². The van der Waals surface area contributed by atoms with E-state index >= 15 is 0 Å². The zero-order valence-electron chi connectivity index (χ0n) is 11.6. The lowest BCUT2D eigenvalue weighted by Crippen LogP contribution is -2.45. The van der Waals surface area contributed by atoms with Crippen LogP contribution in [0.4, 0.5) is 0 Å². The maximum Gasteiger partial charge on any atom is 0.259 e. The quantitative estimate of drug-likeness (QED) is 0.905. The monoisotopic (exact) mass is 301 g/mol. The molecule has 2 aliphatic rings. The van der Waals surface area contributed by atoms with E-state index in [0.29, 0.717) is 16.4 Å². The van der Waals surface area contributed by atoms with E-state index in [2.05, 4.69) is 16.9 Å². The van der Waals surface area contributed by atoms with Gasteiger partial charge in [0.15, 0.2) is 5.17 Å². The van der Waals surface area contributed by atoms with Crippen molar-refractivity contribution >= 4 is 34.4 Å². The number of benzene rings is 1. The molecule has 6 heteroatoms. The molecule has 0 unspecified atom stereocenters. The van der Waals surface area contributed by atoms with Gasteiger partial charge in [0.1, 0.15) is 6.04 Å². The Morgan fingerprint density at radius 3 is 2.76 bits per heavy atom. The van der Waals surface area contributed by atoms with Crippen molar-refractivity contribution in [3.8, 4) is 0 Å². The van der Waals surface area contributed by atoms with Crippen LogP contribution in [-0.2, 0) is 4.79 Å². The molecule has 2 amide bonds. The van der Waals surface area contributed by atoms with Gasteiger partial charge in [-0.25, -0.2) is 0 Å². The van der Waals surface area contributed by atoms with E-state index in [9.17, 15) is 9.59 Å². The number of carbonyl (C=O) groups excluding carboxylic acids is 2. The van der Waals surface area contributed by atoms with E-state index in [0.717, 1.165) is 17.9 Å². The van der Waals surface area contributed by atoms with E-state index in [1.807, 2.05) is 18.2 Å². The molecule has 2 aliphatic heterocycles. The summed E-state index contributed by atoms with van der Waals surface area (Å²) >= 11 is 1.51. The number of hydrogen-bond acceptors (Lipinski definition) is 4. The molecule has 0 radical (unpaired) electrons. The highest BCUT2D eigenvalue weighted by Gasteiger charge is 2.37. The van der Waals surface area contributed by atoms with Gasteiger partial charge in [0.05, 0.1) is 6.54 Å². The number of amidine groups is 1. The first kappa shape index (κ1) is 13.9. The standard InChI is InChI=1S/C15H15N3O2S/c1-9-11-5-3-4-6-12(11)14(20)18(9)10(2)13(19)17-15-16-7-8-21-15/h3-6,10H,1,7-8H2,2H3,(H,16,17,19)/t10-/m0/s1. The summed E-state index contributed by atoms with van der Waals surface area (Å²) in [4.78, 5) is 30.4. The van der Waals surface area contributed by atoms with Crippen LogP contribution in [0.15, 0.2) is 35.8 Å². The van der Waals surface area contributed by atoms with Crippen LogP contribution in [0.3, 0.4) is 0 Å². The molecular weight excluding hydrogens is 286 g/mol. The number of nitrogens with one attached hydrogen (secondary N) is 1. The molecule has 0 aliphatic carbocycles. The average Bonchev–Trinajstić information content (AvgIpc) is 3.07. The minimum Gasteiger partial charge on any atom is -0.304 e. The highest BCUT2D eigenvalue weighted by Crippen LogP contribution is 2.32. The first-order valence-electron chi connectivity index (χ1n) is 6.69. The molecule has 108 valence electrons. The number of amides is 2. The van der Waals surface area contributed by atoms with E-state index in [4.69, 9.17) is 0 Å². The minimum absolute atomic E-state index is 0.181. The van der Waals surface area contributed by atoms with Crippen LogP contribution in [0, 0.1) is 0 Å². The number of fused-ring (bicyclic) bond motifs is 1. The summed E-state index contributed by atoms with van der Waals surface area (Å²) < 4.78 is 0. The summed E-state index contributed by atoms with van der Waals surface area (Å²) in [6.07, 6.45) is 0. The topological polar surface area (TPSA) is 61.8 Å². The number of rotatable bonds is 2. The SMILES string of the molecule is C=C1c2ccccc2C(=O)N1[C@@H](C)C(=O)NC1=NCCS1. The molecule has 1 aromatic carbocycles. The van der Waals surface area contributed by atoms with Crippen LogP contribution < -0.4 is 5.32 Å². The van der Waals surface area contributed by atoms with Crippen molar-refractivity contribution in [2.75, 3.05) is 12.3 Å². The van der Waals surface area contributed by atoms with Gasteiger partial charge in [-0.15, -0.1) is 0 Å². The Bertz CT molecular complexity index is 634. The Morgan fingerprint density at radius 1 is 1.43 bits per heavy atom. The number of thioether (sulfide) groups is 1. The molecule has 0 saturated heterocycles. The molecule has 0 saturated carbocycles. The van der Waals surface area contributed by atoms with E-state index in [-0.39, 0.29) is 11.8 Å². The second-order valence-electron chi connectivity index (χ2n) is 4.87. The van der Waals surface area contributed by atoms with Crippen molar-refractivity contribution < 1.29 is 9.59 Å². The van der Waals surface area contributed by atoms with Crippen molar-refractivity contribution in [3.63, 3.8) is 0 Å². The Balaban J connectivity index is 1.79. The van der Waals surface area contributed by atoms with Gasteiger partial charge in [-0.05, 0) is 13.0 Å². The van der Waals surface area contributed by atoms with Gasteiger partial charge in [0, 0.05) is 22.6 Å². The highest BCUT2D eigenvalue weighted by molar-refractivity contribution is 8.14. The van der Waals surface area contributed by atoms with Gasteiger partial charge in [0.25, 0.3) is 5.91 Å². The molecule has 21 heavy (non-hydrogen) atoms. The molecule has 3 rings (SSSR count). The summed E-state index contributed by atoms with van der Waals surface area (Å²) in [6, 6.07) is 6.64. The molecule has 0 bridgehead atoms. The largest absolute Gasteiger partial charge is 0.304 e. The first-order chi connectivity index (χ1) is 10.1. The maximum absolute atomic E-state index is 12.4. The zero-order valence-corrected chi connectivity index (χ0v) is 12.4. The lowest BCUT2D eigenvalue weighted by Gasteiger charge is -2.24. The number of aliphatic imine (C=N–C) groups is 1. The summed E-state index contributed by atoms with van der Waals surface area (Å²) in [7, 11) is 0. The molecule has 5 nitrogen and oxygen atoms in total. The van der Waals surface area contributed by atoms with E-state index < -0.39 is 6.04 Å². The summed E-state index contributed by atoms with van der Waals surface area (Å²) in [5, 5.41) is 3.39. The molecular formula is C15H15N3O2S. The predicted molar refractivity (Wildman–Crippen MR) is 84.0 cm³/mol. The van der Waals surface area contributed by atoms with Crippen molar-refractivity contribution in [1.82, 2.24) is 10.2 Å². The van der Waals surface area contributed by atoms with Crippen molar-refractivity contribution in [2.24, 2.45) is 4.99 Å². The molecule has 1 atom stereocenters. The molecule has 1 aromatic rings. The van der Waals surface area contributed by atoms with Crippen molar-refractivity contribution in [3.05, 3.63) is 42.0 Å². The fraction of sp³-hybridized carbons (Fsp3) is 0.267. The molecule has 0 fully saturated rings. The fourth-order valence-electron chi connectivity index (χ4n) is 2.45. The van der Waals surface area contributed by atoms with E-state index in [1.165, 1.54) is 16.7 Å². The normalized spacial score (nSPS) is 18.5. The summed E-state index contributed by atoms with van der Waals surface area (Å²) in [5.74, 6) is 0.454. The second kappa shape index (κ2) is 5.37. The first-order valence-corrected chi connectivity index (χ1v) is 7.68. The van der Waals surface area contributed by atoms with Crippen LogP contribution in [0.2, 0.25) is 0 Å². The van der Waals surface area contributed by atoms with E-state index in [1.54, 1.807) is 13.0 Å². The minimum atomic E-state index is -0.624. The Morgan fingerprint density at radius 2 is 2.14 bits per heavy atom. The van der Waals surface area contributed by atoms with Crippen molar-refractivity contribution in [1.29, 1.82) is 0 Å². The van der Waals surface area contributed by atoms with Gasteiger partial charge in [-0.2, -0.15) is 0 Å². The van der Waals surface area contributed by atoms with Gasteiger partial charge in [-0.1, -0.05) is 36.5 Å². The second-order valence-corrected chi connectivity index (χ2v) is 5.95. The third kappa shape index (κ3) is 2.35. The number of carbonyl (C=O) groups is 2. The van der Waals surface area contributed by atoms with Gasteiger partial charge < -0.3 is 5.32 Å². The van der Waals surface area contributed by atoms with Crippen molar-refractivity contribution in [2.45, 2.75) is 13.0 Å². The highest BCUT2D eigenvalue weighted by atomic mass is 32.2.